The summed E-state index contributed by atoms with van der Waals surface area (Å²) >= 11 is 0. The number of benzene rings is 1. The topological polar surface area (TPSA) is 28.1 Å². The molecular weight excluding hydrogens is 222 g/mol. The van der Waals surface area contributed by atoms with Crippen molar-refractivity contribution in [3.63, 3.8) is 0 Å². The van der Waals surface area contributed by atoms with E-state index in [-0.39, 0.29) is 0 Å². The van der Waals surface area contributed by atoms with Gasteiger partial charge in [-0.3, -0.25) is 0 Å². The lowest BCUT2D eigenvalue weighted by Gasteiger charge is -2.01. The van der Waals surface area contributed by atoms with Gasteiger partial charge in [0.05, 0.1) is 0 Å². The SMILES string of the molecule is C=Cc1c(-c2ccc(F)c(F)c2)c[nH]c1N=C. The predicted octanol–water partition coefficient (Wildman–Crippen LogP) is 3.94. The third-order valence-electron chi connectivity index (χ3n) is 2.49. The van der Waals surface area contributed by atoms with E-state index in [4.69, 9.17) is 0 Å². The van der Waals surface area contributed by atoms with Crippen molar-refractivity contribution in [3.8, 4) is 11.1 Å². The summed E-state index contributed by atoms with van der Waals surface area (Å²) in [4.78, 5) is 6.67. The molecule has 2 nitrogen and oxygen atoms in total. The standard InChI is InChI=1S/C13H10F2N2/c1-3-9-10(7-17-13(9)16-2)8-4-5-11(14)12(15)6-8/h3-7,17H,1-2H2. The van der Waals surface area contributed by atoms with Crippen molar-refractivity contribution >= 4 is 18.6 Å². The lowest BCUT2D eigenvalue weighted by atomic mass is 10.0. The van der Waals surface area contributed by atoms with Crippen LogP contribution in [0.3, 0.4) is 0 Å². The number of rotatable bonds is 3. The Morgan fingerprint density at radius 3 is 2.59 bits per heavy atom. The maximum absolute atomic E-state index is 13.1. The maximum atomic E-state index is 13.1. The Bertz CT molecular complexity index is 585. The average Bonchev–Trinajstić information content (AvgIpc) is 2.75. The summed E-state index contributed by atoms with van der Waals surface area (Å²) in [5, 5.41) is 0. The summed E-state index contributed by atoms with van der Waals surface area (Å²) in [7, 11) is 0. The highest BCUT2D eigenvalue weighted by atomic mass is 19.2. The molecule has 0 radical (unpaired) electrons. The van der Waals surface area contributed by atoms with E-state index in [2.05, 4.69) is 23.3 Å². The molecule has 17 heavy (non-hydrogen) atoms. The third-order valence-corrected chi connectivity index (χ3v) is 2.49. The molecule has 1 aromatic heterocycles. The average molecular weight is 232 g/mol. The number of aliphatic imine (C=N–C) groups is 1. The Morgan fingerprint density at radius 2 is 2.00 bits per heavy atom. The van der Waals surface area contributed by atoms with Crippen LogP contribution in [0.1, 0.15) is 5.56 Å². The van der Waals surface area contributed by atoms with Crippen LogP contribution in [0.4, 0.5) is 14.6 Å². The zero-order chi connectivity index (χ0) is 12.4. The minimum absolute atomic E-state index is 0.555. The molecule has 0 atom stereocenters. The molecule has 1 heterocycles. The zero-order valence-corrected chi connectivity index (χ0v) is 9.00. The van der Waals surface area contributed by atoms with Gasteiger partial charge in [-0.15, -0.1) is 0 Å². The van der Waals surface area contributed by atoms with E-state index in [1.807, 2.05) is 0 Å². The zero-order valence-electron chi connectivity index (χ0n) is 9.00. The van der Waals surface area contributed by atoms with E-state index >= 15 is 0 Å². The predicted molar refractivity (Wildman–Crippen MR) is 65.4 cm³/mol. The van der Waals surface area contributed by atoms with Crippen molar-refractivity contribution in [3.05, 3.63) is 48.2 Å². The van der Waals surface area contributed by atoms with Gasteiger partial charge in [-0.2, -0.15) is 0 Å². The van der Waals surface area contributed by atoms with Gasteiger partial charge in [0.2, 0.25) is 0 Å². The van der Waals surface area contributed by atoms with Gasteiger partial charge in [-0.1, -0.05) is 18.7 Å². The minimum atomic E-state index is -0.883. The summed E-state index contributed by atoms with van der Waals surface area (Å²) in [6.07, 6.45) is 3.25. The van der Waals surface area contributed by atoms with Gasteiger partial charge in [0.25, 0.3) is 0 Å². The van der Waals surface area contributed by atoms with Crippen LogP contribution in [0.15, 0.2) is 36.0 Å². The molecule has 1 N–H and O–H groups in total. The monoisotopic (exact) mass is 232 g/mol. The molecular formula is C13H10F2N2. The van der Waals surface area contributed by atoms with Crippen molar-refractivity contribution in [1.29, 1.82) is 0 Å². The highest BCUT2D eigenvalue weighted by Gasteiger charge is 2.11. The Morgan fingerprint density at radius 1 is 1.24 bits per heavy atom. The molecule has 0 aliphatic heterocycles. The minimum Gasteiger partial charge on any atom is -0.346 e. The fraction of sp³-hybridized carbons (Fsp3) is 0. The number of nitrogens with one attached hydrogen (secondary N) is 1. The molecule has 4 heteroatoms. The van der Waals surface area contributed by atoms with Gasteiger partial charge < -0.3 is 4.98 Å². The van der Waals surface area contributed by atoms with Crippen LogP contribution in [-0.4, -0.2) is 11.7 Å². The summed E-state index contributed by atoms with van der Waals surface area (Å²) in [6.45, 7) is 7.08. The summed E-state index contributed by atoms with van der Waals surface area (Å²) < 4.78 is 26.0. The summed E-state index contributed by atoms with van der Waals surface area (Å²) in [5.74, 6) is -1.20. The van der Waals surface area contributed by atoms with E-state index in [1.165, 1.54) is 6.07 Å². The maximum Gasteiger partial charge on any atom is 0.159 e. The van der Waals surface area contributed by atoms with Gasteiger partial charge in [0.1, 0.15) is 5.82 Å². The first kappa shape index (κ1) is 11.3. The Balaban J connectivity index is 2.60. The van der Waals surface area contributed by atoms with E-state index in [9.17, 15) is 8.78 Å². The number of hydrogen-bond acceptors (Lipinski definition) is 1. The quantitative estimate of drug-likeness (QED) is 0.776. The first-order valence-corrected chi connectivity index (χ1v) is 4.93. The smallest absolute Gasteiger partial charge is 0.159 e. The second-order valence-corrected chi connectivity index (χ2v) is 3.46. The van der Waals surface area contributed by atoms with Crippen LogP contribution in [0, 0.1) is 11.6 Å². The van der Waals surface area contributed by atoms with Crippen LogP contribution in [0.2, 0.25) is 0 Å². The number of hydrogen-bond donors (Lipinski definition) is 1. The number of halogens is 2. The first-order valence-electron chi connectivity index (χ1n) is 4.93. The van der Waals surface area contributed by atoms with Crippen LogP contribution >= 0.6 is 0 Å². The lowest BCUT2D eigenvalue weighted by molar-refractivity contribution is 0.509. The fourth-order valence-electron chi connectivity index (χ4n) is 1.66. The van der Waals surface area contributed by atoms with Crippen LogP contribution in [0.5, 0.6) is 0 Å². The lowest BCUT2D eigenvalue weighted by Crippen LogP contribution is -1.85. The Labute approximate surface area is 97.3 Å². The molecule has 0 aliphatic carbocycles. The molecule has 2 rings (SSSR count). The fourth-order valence-corrected chi connectivity index (χ4v) is 1.66. The molecule has 0 bridgehead atoms. The van der Waals surface area contributed by atoms with Crippen molar-refractivity contribution in [1.82, 2.24) is 4.98 Å². The highest BCUT2D eigenvalue weighted by Crippen LogP contribution is 2.32. The normalized spacial score (nSPS) is 10.2. The molecule has 0 saturated carbocycles. The Hall–Kier alpha value is -2.23. The van der Waals surface area contributed by atoms with E-state index in [1.54, 1.807) is 12.3 Å². The van der Waals surface area contributed by atoms with Crippen molar-refractivity contribution in [2.75, 3.05) is 0 Å². The first-order chi connectivity index (χ1) is 8.17. The van der Waals surface area contributed by atoms with E-state index in [0.717, 1.165) is 12.1 Å². The molecule has 0 saturated heterocycles. The molecule has 1 aromatic carbocycles. The second-order valence-electron chi connectivity index (χ2n) is 3.46. The molecule has 0 amide bonds. The number of nitrogens with zero attached hydrogens (tertiary/aromatic N) is 1. The van der Waals surface area contributed by atoms with Crippen LogP contribution < -0.4 is 0 Å². The molecule has 0 aliphatic rings. The van der Waals surface area contributed by atoms with Crippen LogP contribution in [-0.2, 0) is 0 Å². The molecule has 0 spiro atoms. The molecule has 2 aromatic rings. The largest absolute Gasteiger partial charge is 0.346 e. The summed E-state index contributed by atoms with van der Waals surface area (Å²) in [5.41, 5.74) is 1.98. The van der Waals surface area contributed by atoms with E-state index in [0.29, 0.717) is 22.5 Å². The Kier molecular flexibility index (Phi) is 2.87. The van der Waals surface area contributed by atoms with Gasteiger partial charge in [0.15, 0.2) is 11.6 Å². The summed E-state index contributed by atoms with van der Waals surface area (Å²) in [6, 6.07) is 3.73. The van der Waals surface area contributed by atoms with Crippen molar-refractivity contribution in [2.24, 2.45) is 4.99 Å². The van der Waals surface area contributed by atoms with Crippen molar-refractivity contribution in [2.45, 2.75) is 0 Å². The van der Waals surface area contributed by atoms with Gasteiger partial charge >= 0.3 is 0 Å². The highest BCUT2D eigenvalue weighted by molar-refractivity contribution is 5.81. The van der Waals surface area contributed by atoms with Gasteiger partial charge in [0, 0.05) is 17.3 Å². The number of aromatic nitrogens is 1. The molecule has 86 valence electrons. The van der Waals surface area contributed by atoms with Gasteiger partial charge in [-0.25, -0.2) is 13.8 Å². The van der Waals surface area contributed by atoms with Crippen LogP contribution in [0.25, 0.3) is 17.2 Å². The molecule has 0 fully saturated rings. The second kappa shape index (κ2) is 4.33. The molecule has 0 unspecified atom stereocenters. The number of aromatic amines is 1. The van der Waals surface area contributed by atoms with Gasteiger partial charge in [-0.05, 0) is 24.4 Å². The third kappa shape index (κ3) is 1.89. The van der Waals surface area contributed by atoms with E-state index < -0.39 is 11.6 Å². The van der Waals surface area contributed by atoms with Crippen molar-refractivity contribution < 1.29 is 8.78 Å². The number of H-pyrrole nitrogens is 1.